The molecule has 0 spiro atoms. The van der Waals surface area contributed by atoms with Gasteiger partial charge in [-0.2, -0.15) is 0 Å². The van der Waals surface area contributed by atoms with Gasteiger partial charge in [0.1, 0.15) is 30.8 Å². The number of nitrogens with zero attached hydrogens (tertiary/aromatic N) is 1. The van der Waals surface area contributed by atoms with Crippen molar-refractivity contribution < 1.29 is 28.9 Å². The fourth-order valence-electron chi connectivity index (χ4n) is 4.91. The maximum atomic E-state index is 14.0. The fourth-order valence-corrected chi connectivity index (χ4v) is 4.91. The summed E-state index contributed by atoms with van der Waals surface area (Å²) in [6, 6.07) is 33.1. The van der Waals surface area contributed by atoms with E-state index in [1.807, 2.05) is 72.8 Å². The van der Waals surface area contributed by atoms with Gasteiger partial charge in [-0.1, -0.05) is 98.8 Å². The Hall–Kier alpha value is -4.62. The maximum absolute atomic E-state index is 14.0. The van der Waals surface area contributed by atoms with Crippen LogP contribution in [-0.4, -0.2) is 40.8 Å². The second kappa shape index (κ2) is 13.4. The van der Waals surface area contributed by atoms with E-state index in [0.29, 0.717) is 36.0 Å². The highest BCUT2D eigenvalue weighted by Gasteiger charge is 2.44. The number of carbonyl (C=O) groups excluding carboxylic acids is 2. The molecule has 1 fully saturated rings. The van der Waals surface area contributed by atoms with Crippen LogP contribution in [-0.2, 0) is 22.6 Å². The minimum atomic E-state index is -1.39. The van der Waals surface area contributed by atoms with Crippen LogP contribution in [0.3, 0.4) is 0 Å². The lowest BCUT2D eigenvalue weighted by atomic mass is 10.0. The van der Waals surface area contributed by atoms with E-state index in [9.17, 15) is 14.7 Å². The molecule has 42 heavy (non-hydrogen) atoms. The van der Waals surface area contributed by atoms with Crippen LogP contribution in [0.5, 0.6) is 11.5 Å². The Morgan fingerprint density at radius 2 is 1.40 bits per heavy atom. The molecule has 0 aliphatic carbocycles. The summed E-state index contributed by atoms with van der Waals surface area (Å²) in [5.41, 5.74) is 3.56. The highest BCUT2D eigenvalue weighted by atomic mass is 16.6. The van der Waals surface area contributed by atoms with E-state index in [1.165, 1.54) is 0 Å². The van der Waals surface area contributed by atoms with Crippen molar-refractivity contribution in [3.63, 3.8) is 0 Å². The highest BCUT2D eigenvalue weighted by molar-refractivity contribution is 5.96. The first-order valence-electron chi connectivity index (χ1n) is 14.1. The molecular formula is C35H35NO6. The van der Waals surface area contributed by atoms with Crippen LogP contribution >= 0.6 is 0 Å². The highest BCUT2D eigenvalue weighted by Crippen LogP contribution is 2.29. The van der Waals surface area contributed by atoms with Gasteiger partial charge in [-0.15, -0.1) is 0 Å². The van der Waals surface area contributed by atoms with E-state index >= 15 is 0 Å². The number of hydrogen-bond donors (Lipinski definition) is 1. The molecule has 216 valence electrons. The van der Waals surface area contributed by atoms with Crippen LogP contribution in [0, 0.1) is 0 Å². The van der Waals surface area contributed by atoms with E-state index in [0.717, 1.165) is 21.6 Å². The summed E-state index contributed by atoms with van der Waals surface area (Å²) in [6.07, 6.45) is -3.08. The number of carbonyl (C=O) groups is 2. The van der Waals surface area contributed by atoms with Crippen molar-refractivity contribution in [3.8, 4) is 11.5 Å². The molecule has 0 aromatic heterocycles. The Labute approximate surface area is 246 Å². The van der Waals surface area contributed by atoms with Crippen molar-refractivity contribution in [1.29, 1.82) is 0 Å². The molecule has 0 saturated carbocycles. The lowest BCUT2D eigenvalue weighted by Gasteiger charge is -2.28. The number of rotatable bonds is 11. The first-order chi connectivity index (χ1) is 20.4. The van der Waals surface area contributed by atoms with Gasteiger partial charge in [-0.05, 0) is 58.9 Å². The fraction of sp³-hybridized carbons (Fsp3) is 0.257. The second-order valence-corrected chi connectivity index (χ2v) is 10.7. The zero-order chi connectivity index (χ0) is 29.5. The molecule has 1 unspecified atom stereocenters. The van der Waals surface area contributed by atoms with Gasteiger partial charge < -0.3 is 19.3 Å². The maximum Gasteiger partial charge on any atom is 0.417 e. The number of aliphatic hydroxyl groups excluding tert-OH is 1. The van der Waals surface area contributed by atoms with Crippen molar-refractivity contribution in [2.45, 2.75) is 51.0 Å². The molecule has 1 saturated heterocycles. The van der Waals surface area contributed by atoms with Gasteiger partial charge in [0.2, 0.25) is 6.10 Å². The summed E-state index contributed by atoms with van der Waals surface area (Å²) >= 11 is 0. The average Bonchev–Trinajstić information content (AvgIpc) is 3.39. The number of imide groups is 1. The summed E-state index contributed by atoms with van der Waals surface area (Å²) < 4.78 is 17.3. The number of benzene rings is 4. The predicted octanol–water partition coefficient (Wildman–Crippen LogP) is 6.46. The van der Waals surface area contributed by atoms with Crippen LogP contribution < -0.4 is 9.47 Å². The van der Waals surface area contributed by atoms with Crippen LogP contribution in [0.4, 0.5) is 4.79 Å². The number of aliphatic hydroxyl groups is 1. The molecule has 4 aromatic rings. The SMILES string of the molecule is CC(C)c1ccc(O[C@@H](C(=O)N2C(=O)OCC2Cc2ccccc2)[C@@H](O)c2ccc(OCc3ccccc3)cc2)cc1. The zero-order valence-electron chi connectivity index (χ0n) is 23.8. The summed E-state index contributed by atoms with van der Waals surface area (Å²) in [6.45, 7) is 4.65. The second-order valence-electron chi connectivity index (χ2n) is 10.7. The van der Waals surface area contributed by atoms with Gasteiger partial charge in [0.15, 0.2) is 0 Å². The third-order valence-corrected chi connectivity index (χ3v) is 7.32. The summed E-state index contributed by atoms with van der Waals surface area (Å²) in [7, 11) is 0. The molecule has 4 aromatic carbocycles. The smallest absolute Gasteiger partial charge is 0.417 e. The lowest BCUT2D eigenvalue weighted by Crippen LogP contribution is -2.49. The van der Waals surface area contributed by atoms with Crippen molar-refractivity contribution in [1.82, 2.24) is 4.90 Å². The van der Waals surface area contributed by atoms with E-state index in [4.69, 9.17) is 14.2 Å². The summed E-state index contributed by atoms with van der Waals surface area (Å²) in [5.74, 6) is 0.687. The van der Waals surface area contributed by atoms with Crippen LogP contribution in [0.2, 0.25) is 0 Å². The average molecular weight is 566 g/mol. The molecule has 5 rings (SSSR count). The Morgan fingerprint density at radius 1 is 0.833 bits per heavy atom. The van der Waals surface area contributed by atoms with Gasteiger partial charge in [-0.25, -0.2) is 9.69 Å². The van der Waals surface area contributed by atoms with Gasteiger partial charge in [0.25, 0.3) is 5.91 Å². The Kier molecular flexibility index (Phi) is 9.19. The molecule has 1 aliphatic rings. The number of hydrogen-bond acceptors (Lipinski definition) is 6. The molecule has 7 nitrogen and oxygen atoms in total. The molecule has 0 radical (unpaired) electrons. The summed E-state index contributed by atoms with van der Waals surface area (Å²) in [4.78, 5) is 27.9. The quantitative estimate of drug-likeness (QED) is 0.225. The summed E-state index contributed by atoms with van der Waals surface area (Å²) in [5, 5.41) is 11.5. The van der Waals surface area contributed by atoms with Crippen molar-refractivity contribution in [2.75, 3.05) is 6.61 Å². The minimum Gasteiger partial charge on any atom is -0.489 e. The topological polar surface area (TPSA) is 85.3 Å². The molecule has 7 heteroatoms. The molecule has 1 heterocycles. The first kappa shape index (κ1) is 28.9. The standard InChI is InChI=1S/C35H35NO6/c1-24(2)27-13-19-31(20-14-27)42-33(34(38)36-29(23-41-35(36)39)21-25-9-5-3-6-10-25)32(37)28-15-17-30(18-16-28)40-22-26-11-7-4-8-12-26/h3-20,24,29,32-33,37H,21-23H2,1-2H3/t29?,32-,33+/m0/s1. The third kappa shape index (κ3) is 6.98. The lowest BCUT2D eigenvalue weighted by molar-refractivity contribution is -0.142. The van der Waals surface area contributed by atoms with E-state index < -0.39 is 30.3 Å². The molecule has 0 bridgehead atoms. The van der Waals surface area contributed by atoms with E-state index in [1.54, 1.807) is 36.4 Å². The molecular weight excluding hydrogens is 530 g/mol. The van der Waals surface area contributed by atoms with Gasteiger partial charge in [0.05, 0.1) is 6.04 Å². The van der Waals surface area contributed by atoms with Gasteiger partial charge >= 0.3 is 6.09 Å². The predicted molar refractivity (Wildman–Crippen MR) is 159 cm³/mol. The largest absolute Gasteiger partial charge is 0.489 e. The number of ether oxygens (including phenoxy) is 3. The van der Waals surface area contributed by atoms with Crippen molar-refractivity contribution in [3.05, 3.63) is 131 Å². The Balaban J connectivity index is 1.38. The first-order valence-corrected chi connectivity index (χ1v) is 14.1. The molecule has 3 atom stereocenters. The van der Waals surface area contributed by atoms with Crippen molar-refractivity contribution >= 4 is 12.0 Å². The molecule has 2 amide bonds. The van der Waals surface area contributed by atoms with Crippen LogP contribution in [0.25, 0.3) is 0 Å². The minimum absolute atomic E-state index is 0.0683. The number of cyclic esters (lactones) is 1. The molecule has 1 aliphatic heterocycles. The zero-order valence-corrected chi connectivity index (χ0v) is 23.8. The Bertz CT molecular complexity index is 1460. The van der Waals surface area contributed by atoms with E-state index in [-0.39, 0.29) is 6.61 Å². The monoisotopic (exact) mass is 565 g/mol. The van der Waals surface area contributed by atoms with E-state index in [2.05, 4.69) is 13.8 Å². The van der Waals surface area contributed by atoms with Crippen LogP contribution in [0.1, 0.15) is 48.1 Å². The third-order valence-electron chi connectivity index (χ3n) is 7.32. The van der Waals surface area contributed by atoms with Crippen LogP contribution in [0.15, 0.2) is 109 Å². The normalized spacial score (nSPS) is 16.1. The van der Waals surface area contributed by atoms with Gasteiger partial charge in [0, 0.05) is 0 Å². The van der Waals surface area contributed by atoms with Crippen molar-refractivity contribution in [2.24, 2.45) is 0 Å². The van der Waals surface area contributed by atoms with Gasteiger partial charge in [-0.3, -0.25) is 4.79 Å². The Morgan fingerprint density at radius 3 is 2.02 bits per heavy atom. The molecule has 1 N–H and O–H groups in total. The number of amides is 2.